The van der Waals surface area contributed by atoms with Crippen LogP contribution in [0.4, 0.5) is 5.69 Å². The Hall–Kier alpha value is -2.04. The van der Waals surface area contributed by atoms with E-state index < -0.39 is 0 Å². The second kappa shape index (κ2) is 5.74. The van der Waals surface area contributed by atoms with Gasteiger partial charge >= 0.3 is 5.97 Å². The Kier molecular flexibility index (Phi) is 4.05. The largest absolute Gasteiger partial charge is 0.462 e. The van der Waals surface area contributed by atoms with Crippen LogP contribution in [0.3, 0.4) is 0 Å². The summed E-state index contributed by atoms with van der Waals surface area (Å²) >= 11 is 0. The summed E-state index contributed by atoms with van der Waals surface area (Å²) in [6, 6.07) is 5.43. The van der Waals surface area contributed by atoms with Gasteiger partial charge in [-0.25, -0.2) is 4.79 Å². The molecule has 0 unspecified atom stereocenters. The predicted molar refractivity (Wildman–Crippen MR) is 77.3 cm³/mol. The van der Waals surface area contributed by atoms with E-state index in [0.29, 0.717) is 24.2 Å². The maximum atomic E-state index is 11.9. The number of ether oxygens (including phenoxy) is 1. The Balaban J connectivity index is 2.63. The summed E-state index contributed by atoms with van der Waals surface area (Å²) in [7, 11) is 5.80. The first kappa shape index (κ1) is 13.4. The fourth-order valence-electron chi connectivity index (χ4n) is 1.94. The highest BCUT2D eigenvalue weighted by molar-refractivity contribution is 6.33. The highest BCUT2D eigenvalue weighted by Crippen LogP contribution is 2.25. The fourth-order valence-corrected chi connectivity index (χ4v) is 1.94. The molecule has 19 heavy (non-hydrogen) atoms. The first-order chi connectivity index (χ1) is 9.17. The molecule has 2 radical (unpaired) electrons. The molecule has 1 N–H and O–H groups in total. The molecule has 0 saturated heterocycles. The molecular formula is C14H15BN2O2. The van der Waals surface area contributed by atoms with E-state index in [4.69, 9.17) is 12.6 Å². The van der Waals surface area contributed by atoms with E-state index >= 15 is 0 Å². The molecule has 96 valence electrons. The molecule has 1 aromatic carbocycles. The van der Waals surface area contributed by atoms with E-state index in [2.05, 4.69) is 10.3 Å². The molecular weight excluding hydrogens is 239 g/mol. The van der Waals surface area contributed by atoms with E-state index in [9.17, 15) is 4.79 Å². The van der Waals surface area contributed by atoms with Crippen molar-refractivity contribution in [2.24, 2.45) is 0 Å². The van der Waals surface area contributed by atoms with Crippen molar-refractivity contribution in [2.45, 2.75) is 13.8 Å². The fraction of sp³-hybridized carbons (Fsp3) is 0.286. The molecule has 0 aliphatic carbocycles. The van der Waals surface area contributed by atoms with Crippen molar-refractivity contribution >= 4 is 35.9 Å². The minimum Gasteiger partial charge on any atom is -0.462 e. The maximum absolute atomic E-state index is 11.9. The van der Waals surface area contributed by atoms with E-state index in [1.165, 1.54) is 6.20 Å². The normalized spacial score (nSPS) is 10.4. The summed E-state index contributed by atoms with van der Waals surface area (Å²) in [5.41, 5.74) is 2.58. The van der Waals surface area contributed by atoms with Crippen LogP contribution < -0.4 is 10.8 Å². The van der Waals surface area contributed by atoms with Gasteiger partial charge in [-0.15, -0.1) is 0 Å². The van der Waals surface area contributed by atoms with E-state index in [0.717, 1.165) is 16.6 Å². The van der Waals surface area contributed by atoms with Crippen molar-refractivity contribution in [2.75, 3.05) is 18.5 Å². The van der Waals surface area contributed by atoms with Crippen molar-refractivity contribution in [3.63, 3.8) is 0 Å². The van der Waals surface area contributed by atoms with Crippen LogP contribution in [0.15, 0.2) is 24.4 Å². The van der Waals surface area contributed by atoms with Gasteiger partial charge in [0.1, 0.15) is 13.4 Å². The van der Waals surface area contributed by atoms with Crippen molar-refractivity contribution in [3.8, 4) is 0 Å². The summed E-state index contributed by atoms with van der Waals surface area (Å²) in [4.78, 5) is 16.2. The van der Waals surface area contributed by atoms with Gasteiger partial charge in [-0.1, -0.05) is 17.6 Å². The van der Waals surface area contributed by atoms with E-state index in [-0.39, 0.29) is 5.97 Å². The van der Waals surface area contributed by atoms with Crippen LogP contribution in [0.1, 0.15) is 24.2 Å². The van der Waals surface area contributed by atoms with Crippen molar-refractivity contribution < 1.29 is 9.53 Å². The van der Waals surface area contributed by atoms with Crippen LogP contribution in [0.2, 0.25) is 0 Å². The van der Waals surface area contributed by atoms with Gasteiger partial charge in [0, 0.05) is 18.1 Å². The van der Waals surface area contributed by atoms with Gasteiger partial charge in [0.15, 0.2) is 0 Å². The van der Waals surface area contributed by atoms with Gasteiger partial charge in [-0.05, 0) is 19.9 Å². The Morgan fingerprint density at radius 3 is 2.89 bits per heavy atom. The molecule has 1 aromatic heterocycles. The molecule has 0 atom stereocenters. The number of aromatic nitrogens is 1. The molecule has 0 saturated carbocycles. The third-order valence-electron chi connectivity index (χ3n) is 2.74. The van der Waals surface area contributed by atoms with Crippen LogP contribution in [0.5, 0.6) is 0 Å². The Morgan fingerprint density at radius 1 is 1.42 bits per heavy atom. The summed E-state index contributed by atoms with van der Waals surface area (Å²) < 4.78 is 5.04. The standard InChI is InChI=1S/C14H15BN2O2/c1-3-16-13-10-7-9(15)5-6-12(10)17-8-11(13)14(18)19-4-2/h5-8H,3-4H2,1-2H3,(H,16,17). The number of pyridine rings is 1. The molecule has 0 aliphatic rings. The van der Waals surface area contributed by atoms with Gasteiger partial charge in [0.05, 0.1) is 17.8 Å². The average Bonchev–Trinajstić information content (AvgIpc) is 2.40. The summed E-state index contributed by atoms with van der Waals surface area (Å²) in [6.07, 6.45) is 1.54. The van der Waals surface area contributed by atoms with E-state index in [1.807, 2.05) is 19.1 Å². The lowest BCUT2D eigenvalue weighted by atomic mass is 9.94. The van der Waals surface area contributed by atoms with Gasteiger partial charge in [-0.3, -0.25) is 4.98 Å². The Labute approximate surface area is 113 Å². The zero-order valence-corrected chi connectivity index (χ0v) is 11.1. The number of fused-ring (bicyclic) bond motifs is 1. The number of carbonyl (C=O) groups excluding carboxylic acids is 1. The smallest absolute Gasteiger partial charge is 0.341 e. The molecule has 0 fully saturated rings. The second-order valence-corrected chi connectivity index (χ2v) is 4.07. The number of benzene rings is 1. The number of nitrogens with zero attached hydrogens (tertiary/aromatic N) is 1. The van der Waals surface area contributed by atoms with E-state index in [1.54, 1.807) is 13.0 Å². The Morgan fingerprint density at radius 2 is 2.21 bits per heavy atom. The molecule has 5 heteroatoms. The van der Waals surface area contributed by atoms with Crippen LogP contribution in [-0.4, -0.2) is 32.0 Å². The molecule has 0 spiro atoms. The van der Waals surface area contributed by atoms with Crippen molar-refractivity contribution in [3.05, 3.63) is 30.0 Å². The first-order valence-electron chi connectivity index (χ1n) is 6.26. The van der Waals surface area contributed by atoms with Crippen LogP contribution in [0.25, 0.3) is 10.9 Å². The highest BCUT2D eigenvalue weighted by Gasteiger charge is 2.15. The first-order valence-corrected chi connectivity index (χ1v) is 6.26. The Bertz CT molecular complexity index is 614. The lowest BCUT2D eigenvalue weighted by molar-refractivity contribution is 0.0527. The van der Waals surface area contributed by atoms with Gasteiger partial charge < -0.3 is 10.1 Å². The molecule has 0 aliphatic heterocycles. The molecule has 4 nitrogen and oxygen atoms in total. The third-order valence-corrected chi connectivity index (χ3v) is 2.74. The topological polar surface area (TPSA) is 51.2 Å². The van der Waals surface area contributed by atoms with Gasteiger partial charge in [0.25, 0.3) is 0 Å². The zero-order chi connectivity index (χ0) is 13.8. The molecule has 0 amide bonds. The SMILES string of the molecule is [B]c1ccc2ncc(C(=O)OCC)c(NCC)c2c1. The average molecular weight is 254 g/mol. The molecule has 1 heterocycles. The number of anilines is 1. The molecule has 2 aromatic rings. The van der Waals surface area contributed by atoms with Crippen LogP contribution in [0, 0.1) is 0 Å². The predicted octanol–water partition coefficient (Wildman–Crippen LogP) is 1.64. The van der Waals surface area contributed by atoms with Crippen molar-refractivity contribution in [1.29, 1.82) is 0 Å². The zero-order valence-electron chi connectivity index (χ0n) is 11.1. The minimum absolute atomic E-state index is 0.333. The molecule has 0 bridgehead atoms. The van der Waals surface area contributed by atoms with Crippen LogP contribution in [-0.2, 0) is 4.74 Å². The van der Waals surface area contributed by atoms with Gasteiger partial charge in [0.2, 0.25) is 0 Å². The third kappa shape index (κ3) is 2.70. The summed E-state index contributed by atoms with van der Waals surface area (Å²) in [5.74, 6) is -0.379. The second-order valence-electron chi connectivity index (χ2n) is 4.07. The number of carbonyl (C=O) groups is 1. The van der Waals surface area contributed by atoms with Crippen LogP contribution >= 0.6 is 0 Å². The number of hydrogen-bond acceptors (Lipinski definition) is 4. The number of hydrogen-bond donors (Lipinski definition) is 1. The number of esters is 1. The summed E-state index contributed by atoms with van der Waals surface area (Å²) in [6.45, 7) is 4.77. The monoisotopic (exact) mass is 254 g/mol. The molecule has 2 rings (SSSR count). The maximum Gasteiger partial charge on any atom is 0.341 e. The number of rotatable bonds is 4. The highest BCUT2D eigenvalue weighted by atomic mass is 16.5. The number of nitrogens with one attached hydrogen (secondary N) is 1. The summed E-state index contributed by atoms with van der Waals surface area (Å²) in [5, 5.41) is 4.02. The lowest BCUT2D eigenvalue weighted by Crippen LogP contribution is -2.12. The minimum atomic E-state index is -0.379. The van der Waals surface area contributed by atoms with Crippen molar-refractivity contribution in [1.82, 2.24) is 4.98 Å². The quantitative estimate of drug-likeness (QED) is 0.665. The lowest BCUT2D eigenvalue weighted by Gasteiger charge is -2.13. The van der Waals surface area contributed by atoms with Gasteiger partial charge in [-0.2, -0.15) is 0 Å².